The van der Waals surface area contributed by atoms with Crippen LogP contribution in [-0.4, -0.2) is 92.0 Å². The molecule has 0 aliphatic carbocycles. The lowest BCUT2D eigenvalue weighted by atomic mass is 9.96. The largest absolute Gasteiger partial charge is 0.487 e. The first kappa shape index (κ1) is 28.2. The molecular formula is C22H28F6N6O4. The molecule has 1 aromatic rings. The van der Waals surface area contributed by atoms with E-state index in [1.165, 1.54) is 0 Å². The van der Waals surface area contributed by atoms with E-state index in [1.807, 2.05) is 10.3 Å². The predicted molar refractivity (Wildman–Crippen MR) is 120 cm³/mol. The molecule has 16 heteroatoms. The van der Waals surface area contributed by atoms with Gasteiger partial charge >= 0.3 is 12.4 Å². The zero-order chi connectivity index (χ0) is 27.7. The maximum atomic E-state index is 13.2. The number of piperazine rings is 1. The average molecular weight is 554 g/mol. The highest BCUT2D eigenvalue weighted by molar-refractivity contribution is 5.80. The van der Waals surface area contributed by atoms with Crippen molar-refractivity contribution < 1.29 is 45.4 Å². The third kappa shape index (κ3) is 6.40. The van der Waals surface area contributed by atoms with Crippen molar-refractivity contribution in [2.75, 3.05) is 50.9 Å². The maximum Gasteiger partial charge on any atom is 0.418 e. The van der Waals surface area contributed by atoms with Gasteiger partial charge in [0.15, 0.2) is 17.5 Å². The minimum atomic E-state index is -4.70. The molecule has 4 atom stereocenters. The van der Waals surface area contributed by atoms with Crippen LogP contribution in [0.2, 0.25) is 0 Å². The Balaban J connectivity index is 1.21. The molecule has 3 aliphatic rings. The maximum absolute atomic E-state index is 13.2. The number of amides is 2. The Bertz CT molecular complexity index is 1030. The molecule has 2 unspecified atom stereocenters. The number of hydrogen-bond donors (Lipinski definition) is 3. The second kappa shape index (κ2) is 11.1. The standard InChI is InChI=1S/C22H28F6N6O4/c1-12(31-15-8-30-32-20(36)18(15)22(26,27)28)10-37-5-2-17(35)33-3-4-34-14(9-33)11-38-16-6-13(21(23,24)25)7-29-19(16)34/h6-7,12,14-15,18,30-31H,2-5,8-11H2,1H3,(H,32,36)/t12-,14-,15?,18?/m0/s1. The second-order valence-electron chi connectivity index (χ2n) is 9.43. The summed E-state index contributed by atoms with van der Waals surface area (Å²) in [6.07, 6.45) is -8.42. The Kier molecular flexibility index (Phi) is 8.23. The van der Waals surface area contributed by atoms with Crippen LogP contribution in [0.4, 0.5) is 32.2 Å². The molecule has 3 N–H and O–H groups in total. The highest BCUT2D eigenvalue weighted by Crippen LogP contribution is 2.38. The molecule has 2 fully saturated rings. The molecule has 0 radical (unpaired) electrons. The van der Waals surface area contributed by atoms with Gasteiger partial charge in [0, 0.05) is 44.5 Å². The van der Waals surface area contributed by atoms with Crippen LogP contribution in [0.3, 0.4) is 0 Å². The Morgan fingerprint density at radius 2 is 2.05 bits per heavy atom. The minimum absolute atomic E-state index is 0.0303. The van der Waals surface area contributed by atoms with Crippen LogP contribution in [0.25, 0.3) is 0 Å². The molecule has 0 saturated carbocycles. The number of nitrogens with zero attached hydrogens (tertiary/aromatic N) is 3. The van der Waals surface area contributed by atoms with Gasteiger partial charge in [0.25, 0.3) is 0 Å². The zero-order valence-corrected chi connectivity index (χ0v) is 20.4. The van der Waals surface area contributed by atoms with Crippen molar-refractivity contribution in [2.45, 2.75) is 43.8 Å². The third-order valence-electron chi connectivity index (χ3n) is 6.60. The fourth-order valence-electron chi connectivity index (χ4n) is 4.75. The molecular weight excluding hydrogens is 526 g/mol. The van der Waals surface area contributed by atoms with Gasteiger partial charge in [-0.1, -0.05) is 0 Å². The second-order valence-corrected chi connectivity index (χ2v) is 9.43. The normalized spacial score (nSPS) is 24.7. The molecule has 0 bridgehead atoms. The Morgan fingerprint density at radius 3 is 2.76 bits per heavy atom. The van der Waals surface area contributed by atoms with Gasteiger partial charge in [-0.25, -0.2) is 10.4 Å². The first-order chi connectivity index (χ1) is 17.8. The van der Waals surface area contributed by atoms with Gasteiger partial charge in [-0.2, -0.15) is 26.3 Å². The smallest absolute Gasteiger partial charge is 0.418 e. The van der Waals surface area contributed by atoms with Crippen LogP contribution in [0.15, 0.2) is 12.3 Å². The molecule has 0 aromatic carbocycles. The van der Waals surface area contributed by atoms with Crippen molar-refractivity contribution in [1.82, 2.24) is 26.1 Å². The van der Waals surface area contributed by atoms with Crippen molar-refractivity contribution in [3.05, 3.63) is 17.8 Å². The van der Waals surface area contributed by atoms with Gasteiger partial charge in [0.1, 0.15) is 6.61 Å². The third-order valence-corrected chi connectivity index (χ3v) is 6.60. The van der Waals surface area contributed by atoms with Gasteiger partial charge in [0.05, 0.1) is 31.2 Å². The lowest BCUT2D eigenvalue weighted by Gasteiger charge is -2.44. The lowest BCUT2D eigenvalue weighted by Crippen LogP contribution is -2.64. The highest BCUT2D eigenvalue weighted by Gasteiger charge is 2.51. The summed E-state index contributed by atoms with van der Waals surface area (Å²) in [5.41, 5.74) is 3.53. The van der Waals surface area contributed by atoms with E-state index in [1.54, 1.807) is 11.8 Å². The summed E-state index contributed by atoms with van der Waals surface area (Å²) in [7, 11) is 0. The summed E-state index contributed by atoms with van der Waals surface area (Å²) in [5, 5.41) is 2.76. The first-order valence-corrected chi connectivity index (χ1v) is 12.0. The number of alkyl halides is 6. The van der Waals surface area contributed by atoms with E-state index in [4.69, 9.17) is 9.47 Å². The zero-order valence-electron chi connectivity index (χ0n) is 20.4. The topological polar surface area (TPSA) is 108 Å². The van der Waals surface area contributed by atoms with Crippen molar-refractivity contribution >= 4 is 17.6 Å². The van der Waals surface area contributed by atoms with E-state index in [0.717, 1.165) is 12.3 Å². The Hall–Kier alpha value is -2.85. The van der Waals surface area contributed by atoms with Crippen LogP contribution in [0, 0.1) is 5.92 Å². The highest BCUT2D eigenvalue weighted by atomic mass is 19.4. The molecule has 4 rings (SSSR count). The molecule has 10 nitrogen and oxygen atoms in total. The van der Waals surface area contributed by atoms with Crippen LogP contribution >= 0.6 is 0 Å². The quantitative estimate of drug-likeness (QED) is 0.340. The van der Waals surface area contributed by atoms with E-state index in [-0.39, 0.29) is 50.5 Å². The van der Waals surface area contributed by atoms with Crippen molar-refractivity contribution in [3.8, 4) is 5.75 Å². The number of carbonyl (C=O) groups excluding carboxylic acids is 2. The Labute approximate surface area is 214 Å². The summed E-state index contributed by atoms with van der Waals surface area (Å²) in [6.45, 7) is 2.69. The molecule has 1 aromatic heterocycles. The van der Waals surface area contributed by atoms with Gasteiger partial charge in [-0.15, -0.1) is 0 Å². The van der Waals surface area contributed by atoms with Gasteiger partial charge in [-0.3, -0.25) is 15.0 Å². The molecule has 212 valence electrons. The number of nitrogens with one attached hydrogen (secondary N) is 3. The van der Waals surface area contributed by atoms with Gasteiger partial charge in [-0.05, 0) is 13.0 Å². The number of carbonyl (C=O) groups is 2. The Morgan fingerprint density at radius 1 is 1.29 bits per heavy atom. The van der Waals surface area contributed by atoms with E-state index in [0.29, 0.717) is 25.5 Å². The molecule has 38 heavy (non-hydrogen) atoms. The average Bonchev–Trinajstić information content (AvgIpc) is 2.84. The van der Waals surface area contributed by atoms with Gasteiger partial charge in [0.2, 0.25) is 11.8 Å². The number of pyridine rings is 1. The van der Waals surface area contributed by atoms with Crippen molar-refractivity contribution in [1.29, 1.82) is 0 Å². The predicted octanol–water partition coefficient (Wildman–Crippen LogP) is 1.08. The summed E-state index contributed by atoms with van der Waals surface area (Å²) >= 11 is 0. The number of ether oxygens (including phenoxy) is 2. The molecule has 0 spiro atoms. The SMILES string of the molecule is C[C@@H](COCCC(=O)N1CCN2c3ncc(C(F)(F)F)cc3OC[C@@H]2C1)NC1CNNC(=O)C1C(F)(F)F. The van der Waals surface area contributed by atoms with Crippen molar-refractivity contribution in [3.63, 3.8) is 0 Å². The van der Waals surface area contributed by atoms with E-state index in [2.05, 4.69) is 15.7 Å². The van der Waals surface area contributed by atoms with E-state index < -0.39 is 41.8 Å². The number of hydrogen-bond acceptors (Lipinski definition) is 8. The number of hydrazine groups is 1. The summed E-state index contributed by atoms with van der Waals surface area (Å²) in [5.74, 6) is -3.18. The number of fused-ring (bicyclic) bond motifs is 3. The number of anilines is 1. The number of rotatable bonds is 7. The molecule has 3 aliphatic heterocycles. The van der Waals surface area contributed by atoms with Crippen LogP contribution in [-0.2, 0) is 20.5 Å². The fraction of sp³-hybridized carbons (Fsp3) is 0.682. The fourth-order valence-corrected chi connectivity index (χ4v) is 4.75. The van der Waals surface area contributed by atoms with Crippen molar-refractivity contribution in [2.24, 2.45) is 5.92 Å². The summed E-state index contributed by atoms with van der Waals surface area (Å²) < 4.78 is 89.6. The van der Waals surface area contributed by atoms with Gasteiger partial charge < -0.3 is 24.6 Å². The van der Waals surface area contributed by atoms with Crippen LogP contribution in [0.1, 0.15) is 18.9 Å². The lowest BCUT2D eigenvalue weighted by molar-refractivity contribution is -0.193. The number of halogens is 6. The first-order valence-electron chi connectivity index (χ1n) is 12.0. The monoisotopic (exact) mass is 554 g/mol. The van der Waals surface area contributed by atoms with Crippen LogP contribution in [0.5, 0.6) is 5.75 Å². The molecule has 2 saturated heterocycles. The van der Waals surface area contributed by atoms with Crippen LogP contribution < -0.4 is 25.8 Å². The van der Waals surface area contributed by atoms with E-state index >= 15 is 0 Å². The molecule has 4 heterocycles. The summed E-state index contributed by atoms with van der Waals surface area (Å²) in [4.78, 5) is 31.7. The molecule has 2 amide bonds. The number of aromatic nitrogens is 1. The summed E-state index contributed by atoms with van der Waals surface area (Å²) in [6, 6.07) is -1.03. The van der Waals surface area contributed by atoms with E-state index in [9.17, 15) is 35.9 Å². The minimum Gasteiger partial charge on any atom is -0.487 e.